The molecule has 1 N–H and O–H groups in total. The van der Waals surface area contributed by atoms with Crippen molar-refractivity contribution in [3.05, 3.63) is 30.1 Å². The first-order valence-corrected chi connectivity index (χ1v) is 13.9. The molecule has 1 aromatic rings. The number of hydrogen-bond donors (Lipinski definition) is 1. The lowest BCUT2D eigenvalue weighted by molar-refractivity contribution is -0.143. The molecule has 1 unspecified atom stereocenters. The molecule has 0 spiro atoms. The highest BCUT2D eigenvalue weighted by Gasteiger charge is 2.26. The van der Waals surface area contributed by atoms with Crippen molar-refractivity contribution in [1.82, 2.24) is 15.2 Å². The number of pyridine rings is 1. The molecule has 0 bridgehead atoms. The van der Waals surface area contributed by atoms with Gasteiger partial charge in [0.15, 0.2) is 5.78 Å². The van der Waals surface area contributed by atoms with Gasteiger partial charge >= 0.3 is 12.0 Å². The molecule has 1 aliphatic rings. The van der Waals surface area contributed by atoms with Crippen LogP contribution in [0.2, 0.25) is 0 Å². The molecule has 0 radical (unpaired) electrons. The maximum absolute atomic E-state index is 13.0. The summed E-state index contributed by atoms with van der Waals surface area (Å²) in [6.45, 7) is 4.26. The molecule has 1 saturated carbocycles. The number of thioether (sulfide) groups is 1. The van der Waals surface area contributed by atoms with Crippen LogP contribution in [0.15, 0.2) is 24.5 Å². The first-order valence-electron chi connectivity index (χ1n) is 12.7. The van der Waals surface area contributed by atoms with Gasteiger partial charge in [0.05, 0.1) is 13.0 Å². The second-order valence-corrected chi connectivity index (χ2v) is 9.97. The predicted molar refractivity (Wildman–Crippen MR) is 137 cm³/mol. The monoisotopic (exact) mass is 505 g/mol. The molecule has 1 aliphatic carbocycles. The molecular weight excluding hydrogens is 466 g/mol. The molecule has 0 aromatic carbocycles. The Kier molecular flexibility index (Phi) is 13.4. The van der Waals surface area contributed by atoms with Gasteiger partial charge < -0.3 is 10.1 Å². The normalized spacial score (nSPS) is 14.7. The van der Waals surface area contributed by atoms with Crippen molar-refractivity contribution in [2.45, 2.75) is 77.7 Å². The molecule has 35 heavy (non-hydrogen) atoms. The molecular formula is C26H39N3O5S. The van der Waals surface area contributed by atoms with Crippen LogP contribution in [-0.2, 0) is 14.3 Å². The average Bonchev–Trinajstić information content (AvgIpc) is 2.87. The molecule has 1 atom stereocenters. The Labute approximate surface area is 213 Å². The SMILES string of the molecule is CCCCC(=O)N(CCSCC(CC(=O)OCC)C(=O)c1cccnc1)C(=O)NC1CCCCC1. The zero-order chi connectivity index (χ0) is 25.5. The third-order valence-corrected chi connectivity index (χ3v) is 7.15. The van der Waals surface area contributed by atoms with E-state index < -0.39 is 11.9 Å². The smallest absolute Gasteiger partial charge is 0.324 e. The third kappa shape index (κ3) is 10.4. The van der Waals surface area contributed by atoms with Gasteiger partial charge in [0.2, 0.25) is 5.91 Å². The number of carbonyl (C=O) groups excluding carboxylic acids is 4. The number of aromatic nitrogens is 1. The molecule has 9 heteroatoms. The topological polar surface area (TPSA) is 106 Å². The Hall–Kier alpha value is -2.42. The first kappa shape index (κ1) is 28.8. The molecule has 2 rings (SSSR count). The number of urea groups is 1. The summed E-state index contributed by atoms with van der Waals surface area (Å²) < 4.78 is 5.05. The Morgan fingerprint density at radius 2 is 1.97 bits per heavy atom. The Balaban J connectivity index is 1.96. The van der Waals surface area contributed by atoms with Gasteiger partial charge in [-0.05, 0) is 38.3 Å². The number of carbonyl (C=O) groups is 4. The van der Waals surface area contributed by atoms with Crippen LogP contribution < -0.4 is 5.32 Å². The van der Waals surface area contributed by atoms with Gasteiger partial charge in [-0.2, -0.15) is 11.8 Å². The zero-order valence-corrected chi connectivity index (χ0v) is 21.8. The summed E-state index contributed by atoms with van der Waals surface area (Å²) in [6, 6.07) is 3.17. The number of esters is 1. The van der Waals surface area contributed by atoms with E-state index in [1.165, 1.54) is 29.3 Å². The number of nitrogens with one attached hydrogen (secondary N) is 1. The van der Waals surface area contributed by atoms with Crippen molar-refractivity contribution < 1.29 is 23.9 Å². The van der Waals surface area contributed by atoms with Crippen molar-refractivity contribution in [1.29, 1.82) is 0 Å². The fourth-order valence-corrected chi connectivity index (χ4v) is 5.11. The van der Waals surface area contributed by atoms with Crippen LogP contribution in [0, 0.1) is 5.92 Å². The van der Waals surface area contributed by atoms with E-state index in [9.17, 15) is 19.2 Å². The van der Waals surface area contributed by atoms with Gasteiger partial charge in [0.25, 0.3) is 0 Å². The number of hydrogen-bond acceptors (Lipinski definition) is 7. The van der Waals surface area contributed by atoms with Crippen molar-refractivity contribution >= 4 is 35.5 Å². The fraction of sp³-hybridized carbons (Fsp3) is 0.654. The lowest BCUT2D eigenvalue weighted by Crippen LogP contribution is -2.48. The minimum atomic E-state index is -0.566. The number of ketones is 1. The van der Waals surface area contributed by atoms with Crippen LogP contribution >= 0.6 is 11.8 Å². The summed E-state index contributed by atoms with van der Waals surface area (Å²) >= 11 is 1.45. The highest BCUT2D eigenvalue weighted by Crippen LogP contribution is 2.20. The Morgan fingerprint density at radius 3 is 2.63 bits per heavy atom. The summed E-state index contributed by atoms with van der Waals surface area (Å²) in [4.78, 5) is 56.1. The number of imide groups is 1. The quantitative estimate of drug-likeness (QED) is 0.223. The highest BCUT2D eigenvalue weighted by molar-refractivity contribution is 7.99. The molecule has 0 aliphatic heterocycles. The van der Waals surface area contributed by atoms with Gasteiger partial charge in [-0.1, -0.05) is 32.6 Å². The van der Waals surface area contributed by atoms with Gasteiger partial charge in [-0.3, -0.25) is 24.3 Å². The standard InChI is InChI=1S/C26H39N3O5S/c1-3-5-13-23(30)29(26(33)28-22-11-7-6-8-12-22)15-16-35-19-21(17-24(31)34-4-2)25(32)20-10-9-14-27-18-20/h9-10,14,18,21-22H,3-8,11-13,15-17,19H2,1-2H3,(H,28,33). The Bertz CT molecular complexity index is 814. The number of Topliss-reactive ketones (excluding diaryl/α,β-unsaturated/α-hetero) is 1. The molecule has 1 aromatic heterocycles. The van der Waals surface area contributed by atoms with E-state index in [-0.39, 0.29) is 43.3 Å². The van der Waals surface area contributed by atoms with Gasteiger partial charge in [-0.15, -0.1) is 0 Å². The molecule has 1 fully saturated rings. The lowest BCUT2D eigenvalue weighted by Gasteiger charge is -2.27. The van der Waals surface area contributed by atoms with Crippen molar-refractivity contribution in [2.24, 2.45) is 5.92 Å². The van der Waals surface area contributed by atoms with E-state index in [0.29, 0.717) is 23.5 Å². The number of nitrogens with zero attached hydrogens (tertiary/aromatic N) is 2. The van der Waals surface area contributed by atoms with Gasteiger partial charge in [0, 0.05) is 54.4 Å². The minimum absolute atomic E-state index is 0.0180. The van der Waals surface area contributed by atoms with E-state index in [2.05, 4.69) is 10.3 Å². The van der Waals surface area contributed by atoms with Crippen LogP contribution in [0.4, 0.5) is 4.79 Å². The number of rotatable bonds is 14. The van der Waals surface area contributed by atoms with Gasteiger partial charge in [0.1, 0.15) is 0 Å². The minimum Gasteiger partial charge on any atom is -0.466 e. The van der Waals surface area contributed by atoms with Gasteiger partial charge in [-0.25, -0.2) is 4.79 Å². The number of amides is 3. The van der Waals surface area contributed by atoms with Crippen molar-refractivity contribution in [2.75, 3.05) is 24.7 Å². The maximum atomic E-state index is 13.0. The predicted octanol–water partition coefficient (Wildman–Crippen LogP) is 4.63. The molecule has 3 amide bonds. The summed E-state index contributed by atoms with van der Waals surface area (Å²) in [5, 5.41) is 3.04. The molecule has 8 nitrogen and oxygen atoms in total. The fourth-order valence-electron chi connectivity index (χ4n) is 4.08. The zero-order valence-electron chi connectivity index (χ0n) is 21.0. The molecule has 194 valence electrons. The van der Waals surface area contributed by atoms with E-state index in [1.807, 2.05) is 6.92 Å². The van der Waals surface area contributed by atoms with Crippen LogP contribution in [0.1, 0.15) is 82.0 Å². The molecule has 0 saturated heterocycles. The first-order chi connectivity index (χ1) is 17.0. The summed E-state index contributed by atoms with van der Waals surface area (Å²) in [5.74, 6) is -0.453. The molecule has 1 heterocycles. The van der Waals surface area contributed by atoms with Crippen LogP contribution in [0.3, 0.4) is 0 Å². The lowest BCUT2D eigenvalue weighted by atomic mass is 9.96. The second kappa shape index (κ2) is 16.3. The van der Waals surface area contributed by atoms with E-state index in [0.717, 1.165) is 38.5 Å². The number of ether oxygens (including phenoxy) is 1. The number of unbranched alkanes of at least 4 members (excludes halogenated alkanes) is 1. The van der Waals surface area contributed by atoms with E-state index >= 15 is 0 Å². The highest BCUT2D eigenvalue weighted by atomic mass is 32.2. The van der Waals surface area contributed by atoms with Crippen molar-refractivity contribution in [3.8, 4) is 0 Å². The average molecular weight is 506 g/mol. The largest absolute Gasteiger partial charge is 0.466 e. The third-order valence-electron chi connectivity index (χ3n) is 6.04. The van der Waals surface area contributed by atoms with Crippen LogP contribution in [0.25, 0.3) is 0 Å². The maximum Gasteiger partial charge on any atom is 0.324 e. The summed E-state index contributed by atoms with van der Waals surface area (Å²) in [6.07, 6.45) is 10.3. The van der Waals surface area contributed by atoms with Crippen LogP contribution in [0.5, 0.6) is 0 Å². The van der Waals surface area contributed by atoms with E-state index in [4.69, 9.17) is 4.74 Å². The second-order valence-electron chi connectivity index (χ2n) is 8.82. The van der Waals surface area contributed by atoms with Crippen molar-refractivity contribution in [3.63, 3.8) is 0 Å². The van der Waals surface area contributed by atoms with E-state index in [1.54, 1.807) is 25.3 Å². The van der Waals surface area contributed by atoms with Crippen LogP contribution in [-0.4, -0.2) is 64.3 Å². The summed E-state index contributed by atoms with van der Waals surface area (Å²) in [5.41, 5.74) is 0.450. The summed E-state index contributed by atoms with van der Waals surface area (Å²) in [7, 11) is 0. The Morgan fingerprint density at radius 1 is 1.20 bits per heavy atom.